The summed E-state index contributed by atoms with van der Waals surface area (Å²) in [6.45, 7) is 0. The number of terminal acetylenes is 1. The highest BCUT2D eigenvalue weighted by Crippen LogP contribution is 2.37. The molecule has 0 unspecified atom stereocenters. The van der Waals surface area contributed by atoms with Crippen molar-refractivity contribution in [1.82, 2.24) is 9.88 Å². The van der Waals surface area contributed by atoms with E-state index in [1.807, 2.05) is 42.1 Å². The molecule has 7 nitrogen and oxygen atoms in total. The van der Waals surface area contributed by atoms with Gasteiger partial charge < -0.3 is 15.0 Å². The van der Waals surface area contributed by atoms with Crippen molar-refractivity contribution in [3.05, 3.63) is 36.0 Å². The molecule has 1 aromatic carbocycles. The molecule has 2 aromatic rings. The quantitative estimate of drug-likeness (QED) is 0.668. The molecule has 0 spiro atoms. The molecule has 7 heteroatoms. The predicted octanol–water partition coefficient (Wildman–Crippen LogP) is 2.65. The van der Waals surface area contributed by atoms with Crippen LogP contribution < -0.4 is 5.32 Å². The number of carbonyl (C=O) groups is 2. The number of hydrogen-bond donors (Lipinski definition) is 2. The summed E-state index contributed by atoms with van der Waals surface area (Å²) in [6, 6.07) is 6.80. The number of aryl methyl sites for hydroxylation is 1. The molecule has 1 amide bonds. The molecule has 2 heterocycles. The lowest BCUT2D eigenvalue weighted by molar-refractivity contribution is -0.141. The van der Waals surface area contributed by atoms with Crippen LogP contribution in [0.15, 0.2) is 40.7 Å². The van der Waals surface area contributed by atoms with Crippen LogP contribution in [0.2, 0.25) is 0 Å². The maximum absolute atomic E-state index is 12.3. The zero-order valence-electron chi connectivity index (χ0n) is 15.2. The number of carboxylic acid groups (broad SMARTS) is 1. The number of benzene rings is 1. The Morgan fingerprint density at radius 2 is 2.07 bits per heavy atom. The molecular weight excluding hydrogens is 344 g/mol. The molecule has 0 fully saturated rings. The van der Waals surface area contributed by atoms with Gasteiger partial charge in [0.1, 0.15) is 6.04 Å². The Morgan fingerprint density at radius 1 is 1.33 bits per heavy atom. The third kappa shape index (κ3) is 4.34. The highest BCUT2D eigenvalue weighted by Gasteiger charge is 2.39. The van der Waals surface area contributed by atoms with Crippen LogP contribution in [0.1, 0.15) is 31.2 Å². The lowest BCUT2D eigenvalue weighted by Crippen LogP contribution is -2.42. The minimum Gasteiger partial charge on any atom is -0.480 e. The summed E-state index contributed by atoms with van der Waals surface area (Å²) < 4.78 is 1.96. The fourth-order valence-corrected chi connectivity index (χ4v) is 3.26. The van der Waals surface area contributed by atoms with Gasteiger partial charge in [0.05, 0.1) is 0 Å². The topological polar surface area (TPSA) is 96.0 Å². The number of aromatic nitrogens is 1. The molecule has 0 aliphatic carbocycles. The van der Waals surface area contributed by atoms with Gasteiger partial charge in [-0.1, -0.05) is 18.2 Å². The Hall–Kier alpha value is -3.14. The first kappa shape index (κ1) is 18.6. The van der Waals surface area contributed by atoms with Crippen molar-refractivity contribution < 1.29 is 14.7 Å². The third-order valence-corrected chi connectivity index (χ3v) is 4.84. The van der Waals surface area contributed by atoms with E-state index in [4.69, 9.17) is 6.42 Å². The van der Waals surface area contributed by atoms with Gasteiger partial charge in [-0.25, -0.2) is 4.79 Å². The van der Waals surface area contributed by atoms with Crippen molar-refractivity contribution >= 4 is 22.8 Å². The average molecular weight is 366 g/mol. The number of para-hydroxylation sites is 1. The molecule has 0 bridgehead atoms. The van der Waals surface area contributed by atoms with Gasteiger partial charge in [0, 0.05) is 56.3 Å². The largest absolute Gasteiger partial charge is 0.480 e. The van der Waals surface area contributed by atoms with Crippen molar-refractivity contribution in [2.75, 3.05) is 0 Å². The molecule has 0 radical (unpaired) electrons. The maximum atomic E-state index is 12.3. The van der Waals surface area contributed by atoms with Gasteiger partial charge in [0.2, 0.25) is 5.91 Å². The molecule has 0 saturated heterocycles. The van der Waals surface area contributed by atoms with Crippen molar-refractivity contribution in [2.45, 2.75) is 43.8 Å². The number of nitrogens with one attached hydrogen (secondary N) is 1. The second-order valence-corrected chi connectivity index (χ2v) is 6.83. The van der Waals surface area contributed by atoms with Crippen LogP contribution >= 0.6 is 0 Å². The molecular formula is C20H22N4O3. The van der Waals surface area contributed by atoms with Gasteiger partial charge >= 0.3 is 5.97 Å². The van der Waals surface area contributed by atoms with E-state index in [0.717, 1.165) is 16.5 Å². The number of amides is 1. The highest BCUT2D eigenvalue weighted by molar-refractivity contribution is 5.87. The summed E-state index contributed by atoms with van der Waals surface area (Å²) >= 11 is 0. The predicted molar refractivity (Wildman–Crippen MR) is 101 cm³/mol. The molecule has 1 aromatic heterocycles. The van der Waals surface area contributed by atoms with E-state index in [9.17, 15) is 14.7 Å². The first-order valence-electron chi connectivity index (χ1n) is 8.87. The molecule has 3 rings (SSSR count). The number of aliphatic carboxylic acids is 1. The molecule has 0 saturated carbocycles. The summed E-state index contributed by atoms with van der Waals surface area (Å²) in [5, 5.41) is 21.1. The summed E-state index contributed by atoms with van der Waals surface area (Å²) in [4.78, 5) is 23.9. The average Bonchev–Trinajstić information content (AvgIpc) is 3.36. The smallest absolute Gasteiger partial charge is 0.326 e. The molecule has 1 aliphatic rings. The second-order valence-electron chi connectivity index (χ2n) is 6.83. The summed E-state index contributed by atoms with van der Waals surface area (Å²) in [5.41, 5.74) is 1.37. The third-order valence-electron chi connectivity index (χ3n) is 4.84. The van der Waals surface area contributed by atoms with Crippen LogP contribution in [0, 0.1) is 12.3 Å². The van der Waals surface area contributed by atoms with Crippen LogP contribution in [-0.4, -0.2) is 33.3 Å². The van der Waals surface area contributed by atoms with Crippen LogP contribution in [0.5, 0.6) is 0 Å². The molecule has 1 atom stereocenters. The highest BCUT2D eigenvalue weighted by atomic mass is 16.4. The second kappa shape index (κ2) is 7.62. The van der Waals surface area contributed by atoms with Gasteiger partial charge in [-0.15, -0.1) is 12.3 Å². The number of carbonyl (C=O) groups excluding carboxylic acids is 1. The SMILES string of the molecule is C#CCCC1(CCC(=O)N[C@@H](Cc2cn(C)c3ccccc23)C(=O)O)N=N1. The van der Waals surface area contributed by atoms with E-state index in [0.29, 0.717) is 19.3 Å². The lowest BCUT2D eigenvalue weighted by atomic mass is 10.0. The Balaban J connectivity index is 1.61. The normalized spacial score (nSPS) is 15.3. The minimum atomic E-state index is -1.06. The first-order chi connectivity index (χ1) is 12.9. The van der Waals surface area contributed by atoms with Crippen molar-refractivity contribution in [1.29, 1.82) is 0 Å². The van der Waals surface area contributed by atoms with Gasteiger partial charge in [0.25, 0.3) is 0 Å². The van der Waals surface area contributed by atoms with E-state index in [2.05, 4.69) is 21.5 Å². The van der Waals surface area contributed by atoms with Gasteiger partial charge in [-0.3, -0.25) is 4.79 Å². The van der Waals surface area contributed by atoms with E-state index in [1.54, 1.807) is 0 Å². The Labute approximate surface area is 157 Å². The monoisotopic (exact) mass is 366 g/mol. The zero-order valence-corrected chi connectivity index (χ0v) is 15.2. The first-order valence-corrected chi connectivity index (χ1v) is 8.87. The summed E-state index contributed by atoms with van der Waals surface area (Å²) in [5.74, 6) is 1.17. The standard InChI is InChI=1S/C20H22N4O3/c1-3-4-10-20(22-23-20)11-9-18(25)21-16(19(26)27)12-14-13-24(2)17-8-6-5-7-15(14)17/h1,5-8,13,16H,4,9-12H2,2H3,(H,21,25)(H,26,27)/t16-/m0/s1. The minimum absolute atomic E-state index is 0.164. The van der Waals surface area contributed by atoms with Crippen LogP contribution in [-0.2, 0) is 23.1 Å². The summed E-state index contributed by atoms with van der Waals surface area (Å²) in [7, 11) is 1.92. The lowest BCUT2D eigenvalue weighted by Gasteiger charge is -2.15. The van der Waals surface area contributed by atoms with Crippen LogP contribution in [0.25, 0.3) is 10.9 Å². The fraction of sp³-hybridized carbons (Fsp3) is 0.400. The zero-order chi connectivity index (χ0) is 19.4. The molecule has 2 N–H and O–H groups in total. The number of hydrogen-bond acceptors (Lipinski definition) is 4. The van der Waals surface area contributed by atoms with E-state index < -0.39 is 17.7 Å². The number of carboxylic acids is 1. The van der Waals surface area contributed by atoms with Gasteiger partial charge in [0.15, 0.2) is 5.66 Å². The van der Waals surface area contributed by atoms with E-state index in [-0.39, 0.29) is 18.7 Å². The maximum Gasteiger partial charge on any atom is 0.326 e. The van der Waals surface area contributed by atoms with Crippen LogP contribution in [0.4, 0.5) is 0 Å². The van der Waals surface area contributed by atoms with Crippen LogP contribution in [0.3, 0.4) is 0 Å². The van der Waals surface area contributed by atoms with Gasteiger partial charge in [-0.05, 0) is 11.6 Å². The molecule has 27 heavy (non-hydrogen) atoms. The molecule has 140 valence electrons. The fourth-order valence-electron chi connectivity index (χ4n) is 3.26. The molecule has 1 aliphatic heterocycles. The number of fused-ring (bicyclic) bond motifs is 1. The van der Waals surface area contributed by atoms with E-state index in [1.165, 1.54) is 0 Å². The number of nitrogens with zero attached hydrogens (tertiary/aromatic N) is 3. The van der Waals surface area contributed by atoms with Crippen molar-refractivity contribution in [3.63, 3.8) is 0 Å². The Bertz CT molecular complexity index is 932. The Morgan fingerprint density at radius 3 is 2.74 bits per heavy atom. The van der Waals surface area contributed by atoms with Gasteiger partial charge in [-0.2, -0.15) is 10.2 Å². The number of rotatable bonds is 9. The van der Waals surface area contributed by atoms with E-state index >= 15 is 0 Å². The Kier molecular flexibility index (Phi) is 5.26. The summed E-state index contributed by atoms with van der Waals surface area (Å²) in [6.07, 6.45) is 9.16. The van der Waals surface area contributed by atoms with Crippen molar-refractivity contribution in [2.24, 2.45) is 17.3 Å². The van der Waals surface area contributed by atoms with Crippen molar-refractivity contribution in [3.8, 4) is 12.3 Å².